The summed E-state index contributed by atoms with van der Waals surface area (Å²) in [6, 6.07) is 18.9. The van der Waals surface area contributed by atoms with Crippen molar-refractivity contribution >= 4 is 40.8 Å². The number of carbonyl (C=O) groups is 2. The highest BCUT2D eigenvalue weighted by Gasteiger charge is 2.20. The van der Waals surface area contributed by atoms with Crippen LogP contribution in [-0.4, -0.2) is 25.6 Å². The summed E-state index contributed by atoms with van der Waals surface area (Å²) in [5.74, 6) is -1.02. The Morgan fingerprint density at radius 3 is 2.29 bits per heavy atom. The van der Waals surface area contributed by atoms with Crippen LogP contribution in [0.4, 0.5) is 5.69 Å². The molecular weight excluding hydrogens is 439 g/mol. The Morgan fingerprint density at radius 1 is 1.00 bits per heavy atom. The topological polar surface area (TPSA) is 90.7 Å². The number of esters is 1. The fraction of sp³-hybridized carbons (Fsp3) is 0.130. The van der Waals surface area contributed by atoms with E-state index in [1.165, 1.54) is 19.2 Å². The smallest absolute Gasteiger partial charge is 0.342 e. The summed E-state index contributed by atoms with van der Waals surface area (Å²) in [5.41, 5.74) is 7.77. The minimum Gasteiger partial charge on any atom is -0.496 e. The fourth-order valence-electron chi connectivity index (χ4n) is 2.97. The molecule has 0 spiro atoms. The third kappa shape index (κ3) is 5.69. The molecule has 0 radical (unpaired) electrons. The molecule has 3 aromatic carbocycles. The van der Waals surface area contributed by atoms with Gasteiger partial charge in [0.05, 0.1) is 23.9 Å². The molecule has 8 heteroatoms. The Kier molecular flexibility index (Phi) is 7.39. The normalized spacial score (nSPS) is 11.5. The molecule has 0 aromatic heterocycles. The molecule has 31 heavy (non-hydrogen) atoms. The van der Waals surface area contributed by atoms with Crippen molar-refractivity contribution in [2.75, 3.05) is 19.5 Å². The van der Waals surface area contributed by atoms with E-state index in [9.17, 15) is 9.59 Å². The van der Waals surface area contributed by atoms with Gasteiger partial charge < -0.3 is 20.5 Å². The van der Waals surface area contributed by atoms with Crippen molar-refractivity contribution in [2.24, 2.45) is 0 Å². The van der Waals surface area contributed by atoms with Crippen LogP contribution in [0.25, 0.3) is 0 Å². The lowest BCUT2D eigenvalue weighted by Gasteiger charge is -2.20. The predicted molar refractivity (Wildman–Crippen MR) is 121 cm³/mol. The molecule has 0 bridgehead atoms. The lowest BCUT2D eigenvalue weighted by atomic mass is 9.99. The summed E-state index contributed by atoms with van der Waals surface area (Å²) in [4.78, 5) is 25.0. The van der Waals surface area contributed by atoms with Gasteiger partial charge in [0, 0.05) is 11.1 Å². The van der Waals surface area contributed by atoms with Crippen molar-refractivity contribution in [3.8, 4) is 5.75 Å². The lowest BCUT2D eigenvalue weighted by Crippen LogP contribution is -2.33. The zero-order chi connectivity index (χ0) is 22.4. The third-order valence-corrected chi connectivity index (χ3v) is 5.09. The molecule has 3 N–H and O–H groups in total. The van der Waals surface area contributed by atoms with Gasteiger partial charge in [0.15, 0.2) is 6.61 Å². The van der Waals surface area contributed by atoms with Crippen LogP contribution < -0.4 is 15.8 Å². The largest absolute Gasteiger partial charge is 0.496 e. The van der Waals surface area contributed by atoms with E-state index in [1.807, 2.05) is 42.5 Å². The second-order valence-corrected chi connectivity index (χ2v) is 7.46. The van der Waals surface area contributed by atoms with Crippen LogP contribution in [0.5, 0.6) is 5.75 Å². The molecule has 160 valence electrons. The minimum atomic E-state index is -0.753. The Balaban J connectivity index is 1.72. The SMILES string of the molecule is COc1cc(N)c(Cl)cc1C(=O)OCC(=O)NC(c1ccccc1)c1ccc(Cl)cc1. The number of amides is 1. The number of ether oxygens (including phenoxy) is 2. The number of anilines is 1. The van der Waals surface area contributed by atoms with Crippen LogP contribution in [0, 0.1) is 0 Å². The summed E-state index contributed by atoms with van der Waals surface area (Å²) >= 11 is 12.0. The van der Waals surface area contributed by atoms with E-state index < -0.39 is 24.5 Å². The zero-order valence-electron chi connectivity index (χ0n) is 16.6. The van der Waals surface area contributed by atoms with E-state index in [0.29, 0.717) is 5.02 Å². The van der Waals surface area contributed by atoms with Crippen LogP contribution in [0.15, 0.2) is 66.7 Å². The fourth-order valence-corrected chi connectivity index (χ4v) is 3.26. The van der Waals surface area contributed by atoms with Crippen molar-refractivity contribution in [2.45, 2.75) is 6.04 Å². The number of hydrogen-bond donors (Lipinski definition) is 2. The average molecular weight is 459 g/mol. The third-order valence-electron chi connectivity index (χ3n) is 4.51. The molecule has 0 aliphatic rings. The lowest BCUT2D eigenvalue weighted by molar-refractivity contribution is -0.124. The second kappa shape index (κ2) is 10.2. The molecule has 0 aliphatic carbocycles. The van der Waals surface area contributed by atoms with Gasteiger partial charge in [-0.3, -0.25) is 4.79 Å². The molecule has 3 aromatic rings. The van der Waals surface area contributed by atoms with E-state index in [-0.39, 0.29) is 22.0 Å². The summed E-state index contributed by atoms with van der Waals surface area (Å²) in [6.45, 7) is -0.485. The maximum Gasteiger partial charge on any atom is 0.342 e. The van der Waals surface area contributed by atoms with Crippen LogP contribution in [0.3, 0.4) is 0 Å². The van der Waals surface area contributed by atoms with E-state index in [0.717, 1.165) is 11.1 Å². The highest BCUT2D eigenvalue weighted by atomic mass is 35.5. The van der Waals surface area contributed by atoms with E-state index >= 15 is 0 Å². The summed E-state index contributed by atoms with van der Waals surface area (Å²) in [6.07, 6.45) is 0. The first-order valence-electron chi connectivity index (χ1n) is 9.29. The first-order valence-corrected chi connectivity index (χ1v) is 10.0. The summed E-state index contributed by atoms with van der Waals surface area (Å²) < 4.78 is 10.3. The number of rotatable bonds is 7. The van der Waals surface area contributed by atoms with Gasteiger partial charge in [0.1, 0.15) is 11.3 Å². The first kappa shape index (κ1) is 22.5. The van der Waals surface area contributed by atoms with Crippen LogP contribution in [0.1, 0.15) is 27.5 Å². The highest BCUT2D eigenvalue weighted by Crippen LogP contribution is 2.29. The highest BCUT2D eigenvalue weighted by molar-refractivity contribution is 6.33. The van der Waals surface area contributed by atoms with Gasteiger partial charge in [0.25, 0.3) is 5.91 Å². The summed E-state index contributed by atoms with van der Waals surface area (Å²) in [5, 5.41) is 3.66. The molecule has 0 fully saturated rings. The number of halogens is 2. The molecule has 1 atom stereocenters. The zero-order valence-corrected chi connectivity index (χ0v) is 18.1. The maximum absolute atomic E-state index is 12.6. The Morgan fingerprint density at radius 2 is 1.65 bits per heavy atom. The first-order chi connectivity index (χ1) is 14.9. The predicted octanol–water partition coefficient (Wildman–Crippen LogP) is 4.65. The van der Waals surface area contributed by atoms with Gasteiger partial charge >= 0.3 is 5.97 Å². The number of hydrogen-bond acceptors (Lipinski definition) is 5. The Hall–Kier alpha value is -3.22. The van der Waals surface area contributed by atoms with Crippen molar-refractivity contribution in [3.63, 3.8) is 0 Å². The van der Waals surface area contributed by atoms with Gasteiger partial charge in [-0.25, -0.2) is 4.79 Å². The molecule has 0 aliphatic heterocycles. The number of nitrogens with two attached hydrogens (primary N) is 1. The minimum absolute atomic E-state index is 0.0758. The standard InChI is InChI=1S/C23H20Cl2N2O4/c1-30-20-12-19(26)18(25)11-17(20)23(29)31-13-21(28)27-22(14-5-3-2-4-6-14)15-7-9-16(24)10-8-15/h2-12,22H,13,26H2,1H3,(H,27,28). The van der Waals surface area contributed by atoms with E-state index in [1.54, 1.807) is 12.1 Å². The van der Waals surface area contributed by atoms with Gasteiger partial charge in [-0.15, -0.1) is 0 Å². The Bertz CT molecular complexity index is 1070. The van der Waals surface area contributed by atoms with Crippen LogP contribution in [0.2, 0.25) is 10.0 Å². The van der Waals surface area contributed by atoms with Crippen molar-refractivity contribution in [1.29, 1.82) is 0 Å². The monoisotopic (exact) mass is 458 g/mol. The number of nitrogen functional groups attached to an aromatic ring is 1. The van der Waals surface area contributed by atoms with Gasteiger partial charge in [-0.1, -0.05) is 65.7 Å². The molecule has 0 saturated heterocycles. The average Bonchev–Trinajstić information content (AvgIpc) is 2.78. The molecule has 0 saturated carbocycles. The number of benzene rings is 3. The quantitative estimate of drug-likeness (QED) is 0.397. The van der Waals surface area contributed by atoms with E-state index in [2.05, 4.69) is 5.32 Å². The number of nitrogens with one attached hydrogen (secondary N) is 1. The van der Waals surface area contributed by atoms with Gasteiger partial charge in [-0.05, 0) is 29.3 Å². The van der Waals surface area contributed by atoms with Crippen molar-refractivity contribution in [3.05, 3.63) is 93.5 Å². The Labute approximate surface area is 189 Å². The van der Waals surface area contributed by atoms with Crippen LogP contribution in [-0.2, 0) is 9.53 Å². The van der Waals surface area contributed by atoms with Gasteiger partial charge in [-0.2, -0.15) is 0 Å². The molecule has 3 rings (SSSR count). The van der Waals surface area contributed by atoms with Crippen molar-refractivity contribution < 1.29 is 19.1 Å². The van der Waals surface area contributed by atoms with Gasteiger partial charge in [0.2, 0.25) is 0 Å². The number of methoxy groups -OCH3 is 1. The van der Waals surface area contributed by atoms with Crippen molar-refractivity contribution in [1.82, 2.24) is 5.32 Å². The molecule has 6 nitrogen and oxygen atoms in total. The summed E-state index contributed by atoms with van der Waals surface area (Å²) in [7, 11) is 1.39. The maximum atomic E-state index is 12.6. The molecule has 0 heterocycles. The molecular formula is C23H20Cl2N2O4. The second-order valence-electron chi connectivity index (χ2n) is 6.61. The van der Waals surface area contributed by atoms with Crippen LogP contribution >= 0.6 is 23.2 Å². The molecule has 1 unspecified atom stereocenters. The number of carbonyl (C=O) groups excluding carboxylic acids is 2. The van der Waals surface area contributed by atoms with E-state index in [4.69, 9.17) is 38.4 Å². The molecule has 1 amide bonds.